The Balaban J connectivity index is 1.49. The molecule has 1 heterocycles. The molecule has 4 aromatic rings. The van der Waals surface area contributed by atoms with Gasteiger partial charge in [-0.25, -0.2) is 9.37 Å². The normalized spacial score (nSPS) is 10.6. The molecular weight excluding hydrogens is 405 g/mol. The Morgan fingerprint density at radius 1 is 1.10 bits per heavy atom. The van der Waals surface area contributed by atoms with Crippen LogP contribution in [0.25, 0.3) is 22.6 Å². The van der Waals surface area contributed by atoms with Crippen LogP contribution in [0, 0.1) is 5.82 Å². The molecule has 0 radical (unpaired) electrons. The first-order valence-corrected chi connectivity index (χ1v) is 9.36. The van der Waals surface area contributed by atoms with E-state index in [1.54, 1.807) is 54.6 Å². The topological polar surface area (TPSA) is 76.4 Å². The van der Waals surface area contributed by atoms with Crippen LogP contribution in [0.1, 0.15) is 10.4 Å². The van der Waals surface area contributed by atoms with Crippen molar-refractivity contribution >= 4 is 40.0 Å². The molecule has 0 aliphatic carbocycles. The van der Waals surface area contributed by atoms with Crippen LogP contribution in [-0.4, -0.2) is 23.1 Å². The summed E-state index contributed by atoms with van der Waals surface area (Å²) in [4.78, 5) is 16.9. The molecule has 1 aromatic heterocycles. The molecule has 0 spiro atoms. The molecule has 0 fully saturated rings. The van der Waals surface area contributed by atoms with Crippen molar-refractivity contribution in [2.45, 2.75) is 0 Å². The van der Waals surface area contributed by atoms with Gasteiger partial charge in [-0.3, -0.25) is 10.1 Å². The zero-order valence-corrected chi connectivity index (χ0v) is 16.6. The van der Waals surface area contributed by atoms with Crippen molar-refractivity contribution in [3.63, 3.8) is 0 Å². The minimum Gasteiger partial charge on any atom is -0.496 e. The third-order valence-corrected chi connectivity index (χ3v) is 4.50. The standard InChI is InChI=1S/C22H16FN3O3S/c1-28-18-8-3-2-7-16(18)20(27)26-22(30)24-15-9-10-19-17(12-15)25-21(29-19)13-5-4-6-14(23)11-13/h2-12H,1H3,(H2,24,26,27,30). The number of nitrogens with one attached hydrogen (secondary N) is 2. The Morgan fingerprint density at radius 3 is 2.73 bits per heavy atom. The Kier molecular flexibility index (Phi) is 5.40. The van der Waals surface area contributed by atoms with E-state index in [0.717, 1.165) is 0 Å². The summed E-state index contributed by atoms with van der Waals surface area (Å²) in [5.41, 5.74) is 2.64. The highest BCUT2D eigenvalue weighted by molar-refractivity contribution is 7.80. The Hall–Kier alpha value is -3.78. The Morgan fingerprint density at radius 2 is 1.93 bits per heavy atom. The van der Waals surface area contributed by atoms with Gasteiger partial charge in [0.15, 0.2) is 10.7 Å². The largest absolute Gasteiger partial charge is 0.496 e. The molecule has 0 bridgehead atoms. The number of nitrogens with zero attached hydrogens (tertiary/aromatic N) is 1. The lowest BCUT2D eigenvalue weighted by Gasteiger charge is -2.11. The predicted octanol–water partition coefficient (Wildman–Crippen LogP) is 4.77. The van der Waals surface area contributed by atoms with Crippen LogP contribution in [0.5, 0.6) is 5.75 Å². The zero-order chi connectivity index (χ0) is 21.1. The fraction of sp³-hybridized carbons (Fsp3) is 0.0455. The van der Waals surface area contributed by atoms with Gasteiger partial charge in [0.05, 0.1) is 12.7 Å². The number of amides is 1. The maximum atomic E-state index is 13.5. The van der Waals surface area contributed by atoms with Crippen molar-refractivity contribution in [2.24, 2.45) is 0 Å². The zero-order valence-electron chi connectivity index (χ0n) is 15.8. The molecule has 0 saturated carbocycles. The number of para-hydroxylation sites is 1. The first-order chi connectivity index (χ1) is 14.5. The van der Waals surface area contributed by atoms with Crippen LogP contribution < -0.4 is 15.4 Å². The highest BCUT2D eigenvalue weighted by Gasteiger charge is 2.14. The van der Waals surface area contributed by atoms with Crippen LogP contribution in [0.3, 0.4) is 0 Å². The van der Waals surface area contributed by atoms with Gasteiger partial charge in [0.2, 0.25) is 5.89 Å². The van der Waals surface area contributed by atoms with Crippen molar-refractivity contribution in [3.8, 4) is 17.2 Å². The van der Waals surface area contributed by atoms with E-state index in [1.165, 1.54) is 19.2 Å². The third-order valence-electron chi connectivity index (χ3n) is 4.30. The number of methoxy groups -OCH3 is 1. The van der Waals surface area contributed by atoms with Gasteiger partial charge < -0.3 is 14.5 Å². The van der Waals surface area contributed by atoms with Gasteiger partial charge in [-0.2, -0.15) is 0 Å². The van der Waals surface area contributed by atoms with E-state index in [1.807, 2.05) is 0 Å². The Labute approximate surface area is 176 Å². The molecule has 30 heavy (non-hydrogen) atoms. The third kappa shape index (κ3) is 4.13. The molecule has 8 heteroatoms. The van der Waals surface area contributed by atoms with Crippen LogP contribution in [-0.2, 0) is 0 Å². The number of thiocarbonyl (C=S) groups is 1. The Bertz CT molecular complexity index is 1260. The van der Waals surface area contributed by atoms with Crippen molar-refractivity contribution in [3.05, 3.63) is 78.1 Å². The lowest BCUT2D eigenvalue weighted by molar-refractivity contribution is 0.0975. The van der Waals surface area contributed by atoms with E-state index in [-0.39, 0.29) is 16.8 Å². The second kappa shape index (κ2) is 8.30. The van der Waals surface area contributed by atoms with Crippen molar-refractivity contribution in [1.82, 2.24) is 10.3 Å². The number of anilines is 1. The van der Waals surface area contributed by atoms with E-state index >= 15 is 0 Å². The van der Waals surface area contributed by atoms with Crippen molar-refractivity contribution in [2.75, 3.05) is 12.4 Å². The highest BCUT2D eigenvalue weighted by Crippen LogP contribution is 2.26. The number of halogens is 1. The summed E-state index contributed by atoms with van der Waals surface area (Å²) in [6.45, 7) is 0. The average Bonchev–Trinajstić information content (AvgIpc) is 3.17. The molecule has 6 nitrogen and oxygen atoms in total. The number of oxazole rings is 1. The summed E-state index contributed by atoms with van der Waals surface area (Å²) in [5, 5.41) is 5.69. The van der Waals surface area contributed by atoms with E-state index in [4.69, 9.17) is 21.4 Å². The summed E-state index contributed by atoms with van der Waals surface area (Å²) < 4.78 is 24.3. The smallest absolute Gasteiger partial charge is 0.261 e. The summed E-state index contributed by atoms with van der Waals surface area (Å²) in [6, 6.07) is 18.1. The number of hydrogen-bond acceptors (Lipinski definition) is 5. The monoisotopic (exact) mass is 421 g/mol. The minimum absolute atomic E-state index is 0.124. The van der Waals surface area contributed by atoms with Gasteiger partial charge in [0, 0.05) is 11.3 Å². The van der Waals surface area contributed by atoms with E-state index in [2.05, 4.69) is 15.6 Å². The number of carbonyl (C=O) groups excluding carboxylic acids is 1. The van der Waals surface area contributed by atoms with Gasteiger partial charge in [-0.05, 0) is 60.7 Å². The average molecular weight is 421 g/mol. The lowest BCUT2D eigenvalue weighted by Crippen LogP contribution is -2.34. The molecule has 0 aliphatic rings. The first kappa shape index (κ1) is 19.5. The van der Waals surface area contributed by atoms with E-state index in [0.29, 0.717) is 39.6 Å². The summed E-state index contributed by atoms with van der Waals surface area (Å²) in [6.07, 6.45) is 0. The second-order valence-electron chi connectivity index (χ2n) is 6.32. The quantitative estimate of drug-likeness (QED) is 0.463. The van der Waals surface area contributed by atoms with Gasteiger partial charge in [-0.15, -0.1) is 0 Å². The van der Waals surface area contributed by atoms with Crippen LogP contribution >= 0.6 is 12.2 Å². The summed E-state index contributed by atoms with van der Waals surface area (Å²) in [5.74, 6) is 0.00880. The van der Waals surface area contributed by atoms with Crippen LogP contribution in [0.15, 0.2) is 71.1 Å². The van der Waals surface area contributed by atoms with Gasteiger partial charge >= 0.3 is 0 Å². The SMILES string of the molecule is COc1ccccc1C(=O)NC(=S)Nc1ccc2oc(-c3cccc(F)c3)nc2c1. The number of carbonyl (C=O) groups is 1. The lowest BCUT2D eigenvalue weighted by atomic mass is 10.2. The molecular formula is C22H16FN3O3S. The summed E-state index contributed by atoms with van der Waals surface area (Å²) in [7, 11) is 1.49. The van der Waals surface area contributed by atoms with Gasteiger partial charge in [-0.1, -0.05) is 18.2 Å². The van der Waals surface area contributed by atoms with E-state index in [9.17, 15) is 9.18 Å². The molecule has 0 atom stereocenters. The molecule has 150 valence electrons. The van der Waals surface area contributed by atoms with E-state index < -0.39 is 0 Å². The molecule has 2 N–H and O–H groups in total. The first-order valence-electron chi connectivity index (χ1n) is 8.95. The van der Waals surface area contributed by atoms with Gasteiger partial charge in [0.25, 0.3) is 5.91 Å². The maximum absolute atomic E-state index is 13.5. The molecule has 0 saturated heterocycles. The number of fused-ring (bicyclic) bond motifs is 1. The maximum Gasteiger partial charge on any atom is 0.261 e. The predicted molar refractivity (Wildman–Crippen MR) is 116 cm³/mol. The number of rotatable bonds is 4. The minimum atomic E-state index is -0.388. The molecule has 4 rings (SSSR count). The number of aromatic nitrogens is 1. The summed E-state index contributed by atoms with van der Waals surface area (Å²) >= 11 is 5.24. The second-order valence-corrected chi connectivity index (χ2v) is 6.73. The van der Waals surface area contributed by atoms with Crippen molar-refractivity contribution < 1.29 is 18.3 Å². The molecule has 0 aliphatic heterocycles. The number of benzene rings is 3. The number of hydrogen-bond donors (Lipinski definition) is 2. The van der Waals surface area contributed by atoms with Crippen LogP contribution in [0.4, 0.5) is 10.1 Å². The fourth-order valence-corrected chi connectivity index (χ4v) is 3.13. The number of ether oxygens (including phenoxy) is 1. The molecule has 3 aromatic carbocycles. The van der Waals surface area contributed by atoms with Crippen molar-refractivity contribution in [1.29, 1.82) is 0 Å². The highest BCUT2D eigenvalue weighted by atomic mass is 32.1. The molecule has 1 amide bonds. The fourth-order valence-electron chi connectivity index (χ4n) is 2.92. The molecule has 0 unspecified atom stereocenters. The van der Waals surface area contributed by atoms with Gasteiger partial charge in [0.1, 0.15) is 17.1 Å². The van der Waals surface area contributed by atoms with Crippen LogP contribution in [0.2, 0.25) is 0 Å².